The van der Waals surface area contributed by atoms with Gasteiger partial charge in [0, 0.05) is 0 Å². The van der Waals surface area contributed by atoms with Gasteiger partial charge in [0.15, 0.2) is 17.7 Å². The highest BCUT2D eigenvalue weighted by Crippen LogP contribution is 2.32. The smallest absolute Gasteiger partial charge is 0.310 e. The van der Waals surface area contributed by atoms with Crippen molar-refractivity contribution in [3.63, 3.8) is 0 Å². The van der Waals surface area contributed by atoms with E-state index in [-0.39, 0.29) is 18.8 Å². The van der Waals surface area contributed by atoms with E-state index in [1.165, 1.54) is 17.2 Å². The monoisotopic (exact) mass is 453 g/mol. The minimum absolute atomic E-state index is 0.0337. The van der Waals surface area contributed by atoms with Crippen molar-refractivity contribution in [2.75, 3.05) is 12.3 Å². The summed E-state index contributed by atoms with van der Waals surface area (Å²) in [5.74, 6) is -0.365. The zero-order valence-corrected chi connectivity index (χ0v) is 16.9. The lowest BCUT2D eigenvalue weighted by Gasteiger charge is -2.16. The van der Waals surface area contributed by atoms with Crippen LogP contribution in [0.25, 0.3) is 11.2 Å². The number of imidazole rings is 1. The van der Waals surface area contributed by atoms with E-state index in [9.17, 15) is 15.0 Å². The van der Waals surface area contributed by atoms with Crippen LogP contribution in [0.5, 0.6) is 0 Å². The summed E-state index contributed by atoms with van der Waals surface area (Å²) >= 11 is 11.8. The van der Waals surface area contributed by atoms with E-state index < -0.39 is 30.5 Å². The molecule has 0 spiro atoms. The number of benzene rings is 1. The number of hydrogen-bond donors (Lipinski definition) is 3. The quantitative estimate of drug-likeness (QED) is 0.483. The van der Waals surface area contributed by atoms with Crippen LogP contribution in [-0.4, -0.2) is 60.6 Å². The zero-order chi connectivity index (χ0) is 21.4. The Hall–Kier alpha value is -2.50. The molecule has 1 aliphatic rings. The highest BCUT2D eigenvalue weighted by atomic mass is 35.5. The van der Waals surface area contributed by atoms with Crippen LogP contribution >= 0.6 is 23.2 Å². The molecule has 0 amide bonds. The fourth-order valence-corrected chi connectivity index (χ4v) is 3.52. The summed E-state index contributed by atoms with van der Waals surface area (Å²) in [5, 5.41) is 21.5. The lowest BCUT2D eigenvalue weighted by molar-refractivity contribution is -0.149. The number of aliphatic hydroxyl groups is 2. The van der Waals surface area contributed by atoms with E-state index in [1.807, 2.05) is 0 Å². The van der Waals surface area contributed by atoms with Crippen LogP contribution in [0.2, 0.25) is 10.0 Å². The molecule has 0 radical (unpaired) electrons. The van der Waals surface area contributed by atoms with Crippen LogP contribution in [0.1, 0.15) is 11.8 Å². The van der Waals surface area contributed by atoms with Crippen molar-refractivity contribution in [1.29, 1.82) is 0 Å². The summed E-state index contributed by atoms with van der Waals surface area (Å²) < 4.78 is 12.4. The number of nitrogen functional groups attached to an aromatic ring is 1. The van der Waals surface area contributed by atoms with Crippen LogP contribution in [0.15, 0.2) is 30.9 Å². The highest BCUT2D eigenvalue weighted by molar-refractivity contribution is 6.42. The van der Waals surface area contributed by atoms with Gasteiger partial charge in [-0.05, 0) is 17.7 Å². The number of hydrogen-bond acceptors (Lipinski definition) is 9. The molecule has 12 heteroatoms. The van der Waals surface area contributed by atoms with Crippen molar-refractivity contribution in [2.45, 2.75) is 31.0 Å². The molecule has 4 rings (SSSR count). The number of nitrogens with two attached hydrogens (primary N) is 1. The van der Waals surface area contributed by atoms with Crippen molar-refractivity contribution in [3.05, 3.63) is 46.5 Å². The van der Waals surface area contributed by atoms with Crippen LogP contribution in [-0.2, 0) is 20.7 Å². The molecule has 1 aromatic carbocycles. The summed E-state index contributed by atoms with van der Waals surface area (Å²) in [5.41, 5.74) is 7.08. The first-order valence-corrected chi connectivity index (χ1v) is 9.65. The third kappa shape index (κ3) is 3.92. The van der Waals surface area contributed by atoms with Crippen molar-refractivity contribution >= 4 is 46.2 Å². The van der Waals surface area contributed by atoms with Gasteiger partial charge in [-0.1, -0.05) is 29.3 Å². The van der Waals surface area contributed by atoms with Crippen molar-refractivity contribution in [1.82, 2.24) is 19.5 Å². The molecular formula is C18H17Cl2N5O5. The van der Waals surface area contributed by atoms with Crippen LogP contribution in [0.3, 0.4) is 0 Å². The average Bonchev–Trinajstić information content (AvgIpc) is 3.26. The Labute approximate surface area is 180 Å². The van der Waals surface area contributed by atoms with Crippen molar-refractivity contribution in [3.8, 4) is 0 Å². The van der Waals surface area contributed by atoms with Gasteiger partial charge >= 0.3 is 5.97 Å². The lowest BCUT2D eigenvalue weighted by atomic mass is 10.1. The highest BCUT2D eigenvalue weighted by Gasteiger charge is 2.45. The first kappa shape index (κ1) is 20.8. The van der Waals surface area contributed by atoms with E-state index >= 15 is 0 Å². The molecule has 4 atom stereocenters. The number of ether oxygens (including phenoxy) is 2. The SMILES string of the molecule is Nc1ncnc2c1ncn2[C@@H]1O[C@H](COC(=O)Cc2ccc(Cl)c(Cl)c2)[C@@H](O)[C@H]1O. The van der Waals surface area contributed by atoms with Crippen molar-refractivity contribution < 1.29 is 24.5 Å². The summed E-state index contributed by atoms with van der Waals surface area (Å²) in [4.78, 5) is 24.2. The van der Waals surface area contributed by atoms with Crippen LogP contribution in [0.4, 0.5) is 5.82 Å². The van der Waals surface area contributed by atoms with E-state index in [0.717, 1.165) is 0 Å². The first-order valence-electron chi connectivity index (χ1n) is 8.89. The fourth-order valence-electron chi connectivity index (χ4n) is 3.20. The molecule has 0 unspecified atom stereocenters. The Morgan fingerprint density at radius 1 is 1.20 bits per heavy atom. The average molecular weight is 454 g/mol. The van der Waals surface area contributed by atoms with E-state index in [1.54, 1.807) is 18.2 Å². The molecule has 2 aromatic heterocycles. The predicted octanol–water partition coefficient (Wildman–Crippen LogP) is 1.12. The second-order valence-corrected chi connectivity index (χ2v) is 7.55. The maximum atomic E-state index is 12.1. The van der Waals surface area contributed by atoms with Gasteiger partial charge in [0.1, 0.15) is 36.8 Å². The Bertz CT molecular complexity index is 1090. The molecule has 1 saturated heterocycles. The first-order chi connectivity index (χ1) is 14.3. The molecule has 1 fully saturated rings. The van der Waals surface area contributed by atoms with E-state index in [4.69, 9.17) is 38.4 Å². The number of nitrogens with zero attached hydrogens (tertiary/aromatic N) is 4. The molecule has 158 valence electrons. The molecule has 30 heavy (non-hydrogen) atoms. The normalized spacial score (nSPS) is 23.7. The number of fused-ring (bicyclic) bond motifs is 1. The molecule has 0 bridgehead atoms. The Morgan fingerprint density at radius 3 is 2.77 bits per heavy atom. The molecule has 0 saturated carbocycles. The molecule has 10 nitrogen and oxygen atoms in total. The number of carbonyl (C=O) groups excluding carboxylic acids is 1. The van der Waals surface area contributed by atoms with Crippen LogP contribution in [0, 0.1) is 0 Å². The summed E-state index contributed by atoms with van der Waals surface area (Å²) in [7, 11) is 0. The minimum Gasteiger partial charge on any atom is -0.463 e. The number of esters is 1. The maximum Gasteiger partial charge on any atom is 0.310 e. The fraction of sp³-hybridized carbons (Fsp3) is 0.333. The third-order valence-corrected chi connectivity index (χ3v) is 5.48. The second kappa shape index (κ2) is 8.32. The molecule has 4 N–H and O–H groups in total. The summed E-state index contributed by atoms with van der Waals surface area (Å²) in [6.45, 7) is -0.251. The Morgan fingerprint density at radius 2 is 2.00 bits per heavy atom. The molecule has 3 heterocycles. The van der Waals surface area contributed by atoms with Crippen LogP contribution < -0.4 is 5.73 Å². The predicted molar refractivity (Wildman–Crippen MR) is 107 cm³/mol. The van der Waals surface area contributed by atoms with Gasteiger partial charge in [0.05, 0.1) is 22.8 Å². The largest absolute Gasteiger partial charge is 0.463 e. The third-order valence-electron chi connectivity index (χ3n) is 4.74. The van der Waals surface area contributed by atoms with Gasteiger partial charge in [0.25, 0.3) is 0 Å². The Balaban J connectivity index is 1.41. The van der Waals surface area contributed by atoms with E-state index in [0.29, 0.717) is 26.8 Å². The summed E-state index contributed by atoms with van der Waals surface area (Å²) in [6, 6.07) is 4.82. The number of aliphatic hydroxyl groups excluding tert-OH is 2. The summed E-state index contributed by atoms with van der Waals surface area (Å²) in [6.07, 6.45) is -1.90. The van der Waals surface area contributed by atoms with Crippen molar-refractivity contribution in [2.24, 2.45) is 0 Å². The second-order valence-electron chi connectivity index (χ2n) is 6.74. The molecule has 0 aliphatic carbocycles. The number of rotatable bonds is 5. The lowest BCUT2D eigenvalue weighted by Crippen LogP contribution is -2.34. The topological polar surface area (TPSA) is 146 Å². The minimum atomic E-state index is -1.29. The van der Waals surface area contributed by atoms with E-state index in [2.05, 4.69) is 15.0 Å². The Kier molecular flexibility index (Phi) is 5.76. The molecule has 1 aliphatic heterocycles. The maximum absolute atomic E-state index is 12.1. The van der Waals surface area contributed by atoms with Gasteiger partial charge in [-0.25, -0.2) is 15.0 Å². The number of carbonyl (C=O) groups is 1. The van der Waals surface area contributed by atoms with Gasteiger partial charge in [-0.2, -0.15) is 0 Å². The number of anilines is 1. The number of halogens is 2. The molecule has 3 aromatic rings. The van der Waals surface area contributed by atoms with Gasteiger partial charge in [-0.15, -0.1) is 0 Å². The number of aromatic nitrogens is 4. The molecular weight excluding hydrogens is 437 g/mol. The standard InChI is InChI=1S/C18H17Cl2N5O5/c19-9-2-1-8(3-10(9)20)4-12(26)29-5-11-14(27)15(28)18(30-11)25-7-24-13-16(21)22-6-23-17(13)25/h1-3,6-7,11,14-15,18,27-28H,4-5H2,(H2,21,22,23)/t11-,14-,15-,18-/m1/s1. The van der Waals surface area contributed by atoms with Gasteiger partial charge in [0.2, 0.25) is 0 Å². The van der Waals surface area contributed by atoms with Gasteiger partial charge in [-0.3, -0.25) is 9.36 Å². The zero-order valence-electron chi connectivity index (χ0n) is 15.4. The van der Waals surface area contributed by atoms with Gasteiger partial charge < -0.3 is 25.4 Å².